The van der Waals surface area contributed by atoms with Gasteiger partial charge in [0.25, 0.3) is 0 Å². The predicted molar refractivity (Wildman–Crippen MR) is 106 cm³/mol. The fraction of sp³-hybridized carbons (Fsp3) is 0.350. The molecule has 0 bridgehead atoms. The molecule has 6 heteroatoms. The SMILES string of the molecule is COc1cc(C)c(C(C)NC(=O)CC(N)c2ccccc2)cc1OC.Cl. The minimum atomic E-state index is -0.320. The summed E-state index contributed by atoms with van der Waals surface area (Å²) in [7, 11) is 3.20. The van der Waals surface area contributed by atoms with Gasteiger partial charge in [0.2, 0.25) is 5.91 Å². The summed E-state index contributed by atoms with van der Waals surface area (Å²) in [6, 6.07) is 13.0. The molecule has 142 valence electrons. The summed E-state index contributed by atoms with van der Waals surface area (Å²) in [4.78, 5) is 12.4. The van der Waals surface area contributed by atoms with Crippen molar-refractivity contribution in [2.75, 3.05) is 14.2 Å². The predicted octanol–water partition coefficient (Wildman–Crippen LogP) is 3.70. The highest BCUT2D eigenvalue weighted by molar-refractivity contribution is 5.85. The van der Waals surface area contributed by atoms with Crippen LogP contribution < -0.4 is 20.5 Å². The first kappa shape index (κ1) is 21.8. The number of methoxy groups -OCH3 is 2. The van der Waals surface area contributed by atoms with Crippen LogP contribution in [0.2, 0.25) is 0 Å². The lowest BCUT2D eigenvalue weighted by Crippen LogP contribution is -2.30. The van der Waals surface area contributed by atoms with Gasteiger partial charge in [0.05, 0.1) is 20.3 Å². The van der Waals surface area contributed by atoms with Crippen LogP contribution in [0.3, 0.4) is 0 Å². The first-order valence-electron chi connectivity index (χ1n) is 8.28. The Balaban J connectivity index is 0.00000338. The van der Waals surface area contributed by atoms with E-state index in [9.17, 15) is 4.79 Å². The van der Waals surface area contributed by atoms with Crippen LogP contribution in [0, 0.1) is 6.92 Å². The van der Waals surface area contributed by atoms with Crippen molar-refractivity contribution >= 4 is 18.3 Å². The van der Waals surface area contributed by atoms with Crippen LogP contribution in [0.5, 0.6) is 11.5 Å². The number of hydrogen-bond acceptors (Lipinski definition) is 4. The zero-order valence-electron chi connectivity index (χ0n) is 15.6. The van der Waals surface area contributed by atoms with Gasteiger partial charge in [-0.3, -0.25) is 4.79 Å². The monoisotopic (exact) mass is 378 g/mol. The standard InChI is InChI=1S/C20H26N2O3.ClH/c1-13-10-18(24-3)19(25-4)11-16(13)14(2)22-20(23)12-17(21)15-8-6-5-7-9-15;/h5-11,14,17H,12,21H2,1-4H3,(H,22,23);1H. The lowest BCUT2D eigenvalue weighted by molar-refractivity contribution is -0.122. The van der Waals surface area contributed by atoms with Crippen molar-refractivity contribution in [2.45, 2.75) is 32.4 Å². The van der Waals surface area contributed by atoms with E-state index in [1.54, 1.807) is 14.2 Å². The topological polar surface area (TPSA) is 73.6 Å². The van der Waals surface area contributed by atoms with E-state index in [-0.39, 0.29) is 36.8 Å². The van der Waals surface area contributed by atoms with Gasteiger partial charge in [-0.1, -0.05) is 30.3 Å². The molecular formula is C20H27ClN2O3. The number of benzene rings is 2. The minimum Gasteiger partial charge on any atom is -0.493 e. The average molecular weight is 379 g/mol. The maximum absolute atomic E-state index is 12.4. The second-order valence-corrected chi connectivity index (χ2v) is 6.07. The molecule has 0 fully saturated rings. The van der Waals surface area contributed by atoms with Gasteiger partial charge >= 0.3 is 0 Å². The summed E-state index contributed by atoms with van der Waals surface area (Å²) in [6.45, 7) is 3.93. The van der Waals surface area contributed by atoms with Gasteiger partial charge in [0.15, 0.2) is 11.5 Å². The first-order valence-corrected chi connectivity index (χ1v) is 8.28. The molecule has 2 aromatic carbocycles. The van der Waals surface area contributed by atoms with E-state index in [1.165, 1.54) is 0 Å². The number of halogens is 1. The molecule has 0 aliphatic carbocycles. The minimum absolute atomic E-state index is 0. The molecule has 0 saturated heterocycles. The number of hydrogen-bond donors (Lipinski definition) is 2. The Bertz CT molecular complexity index is 722. The normalized spacial score (nSPS) is 12.5. The maximum atomic E-state index is 12.4. The number of nitrogens with one attached hydrogen (secondary N) is 1. The molecule has 0 spiro atoms. The number of ether oxygens (including phenoxy) is 2. The van der Waals surface area contributed by atoms with Crippen LogP contribution in [0.15, 0.2) is 42.5 Å². The number of aryl methyl sites for hydroxylation is 1. The molecule has 1 amide bonds. The second-order valence-electron chi connectivity index (χ2n) is 6.07. The van der Waals surface area contributed by atoms with Crippen molar-refractivity contribution in [3.63, 3.8) is 0 Å². The van der Waals surface area contributed by atoms with Gasteiger partial charge in [-0.05, 0) is 42.7 Å². The molecule has 3 N–H and O–H groups in total. The first-order chi connectivity index (χ1) is 12.0. The van der Waals surface area contributed by atoms with E-state index >= 15 is 0 Å². The molecule has 26 heavy (non-hydrogen) atoms. The van der Waals surface area contributed by atoms with Gasteiger partial charge < -0.3 is 20.5 Å². The zero-order chi connectivity index (χ0) is 18.4. The molecule has 0 aromatic heterocycles. The van der Waals surface area contributed by atoms with Gasteiger partial charge in [-0.25, -0.2) is 0 Å². The van der Waals surface area contributed by atoms with E-state index in [1.807, 2.05) is 56.3 Å². The van der Waals surface area contributed by atoms with Crippen LogP contribution in [0.4, 0.5) is 0 Å². The zero-order valence-corrected chi connectivity index (χ0v) is 16.4. The quantitative estimate of drug-likeness (QED) is 0.770. The molecule has 2 rings (SSSR count). The third kappa shape index (κ3) is 5.38. The van der Waals surface area contributed by atoms with Crippen LogP contribution in [-0.2, 0) is 4.79 Å². The number of rotatable bonds is 7. The Morgan fingerprint density at radius 1 is 1.12 bits per heavy atom. The number of carbonyl (C=O) groups excluding carboxylic acids is 1. The van der Waals surface area contributed by atoms with E-state index in [0.717, 1.165) is 16.7 Å². The number of amides is 1. The lowest BCUT2D eigenvalue weighted by Gasteiger charge is -2.20. The Hall–Kier alpha value is -2.24. The van der Waals surface area contributed by atoms with Gasteiger partial charge in [-0.15, -0.1) is 12.4 Å². The molecule has 0 heterocycles. The van der Waals surface area contributed by atoms with Crippen molar-refractivity contribution < 1.29 is 14.3 Å². The summed E-state index contributed by atoms with van der Waals surface area (Å²) < 4.78 is 10.7. The largest absolute Gasteiger partial charge is 0.493 e. The van der Waals surface area contributed by atoms with Gasteiger partial charge in [-0.2, -0.15) is 0 Å². The van der Waals surface area contributed by atoms with E-state index in [4.69, 9.17) is 15.2 Å². The molecule has 0 aliphatic rings. The summed E-state index contributed by atoms with van der Waals surface area (Å²) in [5.41, 5.74) is 9.09. The van der Waals surface area contributed by atoms with E-state index in [2.05, 4.69) is 5.32 Å². The highest BCUT2D eigenvalue weighted by Gasteiger charge is 2.17. The van der Waals surface area contributed by atoms with Crippen LogP contribution >= 0.6 is 12.4 Å². The Labute approximate surface area is 161 Å². The van der Waals surface area contributed by atoms with Crippen molar-refractivity contribution in [1.29, 1.82) is 0 Å². The number of nitrogens with two attached hydrogens (primary N) is 1. The molecular weight excluding hydrogens is 352 g/mol. The fourth-order valence-electron chi connectivity index (χ4n) is 2.86. The van der Waals surface area contributed by atoms with Gasteiger partial charge in [0.1, 0.15) is 0 Å². The summed E-state index contributed by atoms with van der Waals surface area (Å²) in [5.74, 6) is 1.23. The van der Waals surface area contributed by atoms with Crippen LogP contribution in [0.25, 0.3) is 0 Å². The average Bonchev–Trinajstić information content (AvgIpc) is 2.61. The van der Waals surface area contributed by atoms with Crippen molar-refractivity contribution in [3.8, 4) is 11.5 Å². The maximum Gasteiger partial charge on any atom is 0.222 e. The van der Waals surface area contributed by atoms with Crippen molar-refractivity contribution in [3.05, 3.63) is 59.2 Å². The van der Waals surface area contributed by atoms with E-state index < -0.39 is 0 Å². The third-order valence-corrected chi connectivity index (χ3v) is 4.25. The molecule has 5 nitrogen and oxygen atoms in total. The van der Waals surface area contributed by atoms with Gasteiger partial charge in [0, 0.05) is 12.5 Å². The smallest absolute Gasteiger partial charge is 0.222 e. The van der Waals surface area contributed by atoms with Crippen molar-refractivity contribution in [2.24, 2.45) is 5.73 Å². The third-order valence-electron chi connectivity index (χ3n) is 4.25. The molecule has 2 atom stereocenters. The Morgan fingerprint density at radius 2 is 1.69 bits per heavy atom. The molecule has 0 radical (unpaired) electrons. The molecule has 0 saturated carbocycles. The highest BCUT2D eigenvalue weighted by Crippen LogP contribution is 2.32. The molecule has 2 aromatic rings. The molecule has 2 unspecified atom stereocenters. The number of carbonyl (C=O) groups is 1. The summed E-state index contributed by atoms with van der Waals surface area (Å²) in [6.07, 6.45) is 0.237. The molecule has 0 aliphatic heterocycles. The summed E-state index contributed by atoms with van der Waals surface area (Å²) >= 11 is 0. The lowest BCUT2D eigenvalue weighted by atomic mass is 10.0. The summed E-state index contributed by atoms with van der Waals surface area (Å²) in [5, 5.41) is 3.01. The van der Waals surface area contributed by atoms with Crippen LogP contribution in [0.1, 0.15) is 42.1 Å². The van der Waals surface area contributed by atoms with E-state index in [0.29, 0.717) is 11.5 Å². The fourth-order valence-corrected chi connectivity index (χ4v) is 2.86. The second kappa shape index (κ2) is 10.0. The van der Waals surface area contributed by atoms with Crippen molar-refractivity contribution in [1.82, 2.24) is 5.32 Å². The Morgan fingerprint density at radius 3 is 2.27 bits per heavy atom. The highest BCUT2D eigenvalue weighted by atomic mass is 35.5. The Kier molecular flexibility index (Phi) is 8.42. The van der Waals surface area contributed by atoms with Crippen LogP contribution in [-0.4, -0.2) is 20.1 Å².